The number of ether oxygens (including phenoxy) is 1. The van der Waals surface area contributed by atoms with Crippen LogP contribution in [-0.4, -0.2) is 35.3 Å². The number of H-pyrrole nitrogens is 1. The van der Waals surface area contributed by atoms with Crippen molar-refractivity contribution in [3.8, 4) is 5.88 Å². The maximum absolute atomic E-state index is 13.0. The number of hydrogen-bond donors (Lipinski definition) is 3. The summed E-state index contributed by atoms with van der Waals surface area (Å²) >= 11 is 0. The third-order valence-electron chi connectivity index (χ3n) is 5.95. The second-order valence-corrected chi connectivity index (χ2v) is 8.28. The van der Waals surface area contributed by atoms with Gasteiger partial charge in [-0.3, -0.25) is 14.4 Å². The van der Waals surface area contributed by atoms with Crippen molar-refractivity contribution in [2.45, 2.75) is 19.3 Å². The number of carbonyl (C=O) groups is 2. The van der Waals surface area contributed by atoms with Gasteiger partial charge in [0, 0.05) is 41.2 Å². The largest absolute Gasteiger partial charge is 0.481 e. The summed E-state index contributed by atoms with van der Waals surface area (Å²) in [4.78, 5) is 45.4. The molecule has 0 bridgehead atoms. The van der Waals surface area contributed by atoms with Gasteiger partial charge >= 0.3 is 0 Å². The summed E-state index contributed by atoms with van der Waals surface area (Å²) in [6.45, 7) is 2.16. The van der Waals surface area contributed by atoms with Crippen LogP contribution in [0.15, 0.2) is 71.7 Å². The molecule has 4 aromatic rings. The number of aryl methyl sites for hydroxylation is 1. The molecule has 1 amide bonds. The molecule has 4 N–H and O–H groups in total. The van der Waals surface area contributed by atoms with Crippen LogP contribution in [0.25, 0.3) is 10.9 Å². The van der Waals surface area contributed by atoms with Crippen LogP contribution in [0.5, 0.6) is 5.88 Å². The Labute approximate surface area is 214 Å². The number of nitrogens with one attached hydrogen (secondary N) is 2. The van der Waals surface area contributed by atoms with E-state index in [0.29, 0.717) is 34.6 Å². The highest BCUT2D eigenvalue weighted by Crippen LogP contribution is 2.24. The molecule has 9 heteroatoms. The van der Waals surface area contributed by atoms with E-state index in [1.165, 1.54) is 19.4 Å². The number of fused-ring (bicyclic) bond motifs is 1. The third-order valence-corrected chi connectivity index (χ3v) is 5.95. The van der Waals surface area contributed by atoms with Crippen molar-refractivity contribution in [1.82, 2.24) is 9.97 Å². The molecular formula is C27H27ClN4O4. The Kier molecular flexibility index (Phi) is 8.58. The molecule has 1 unspecified atom stereocenters. The van der Waals surface area contributed by atoms with E-state index in [1.54, 1.807) is 24.3 Å². The third kappa shape index (κ3) is 5.79. The number of ketones is 1. The normalized spacial score (nSPS) is 11.4. The molecule has 2 aromatic heterocycles. The van der Waals surface area contributed by atoms with E-state index in [0.717, 1.165) is 11.1 Å². The quantitative estimate of drug-likeness (QED) is 0.307. The van der Waals surface area contributed by atoms with Crippen LogP contribution >= 0.6 is 12.4 Å². The molecule has 186 valence electrons. The van der Waals surface area contributed by atoms with Crippen LogP contribution in [0.1, 0.15) is 44.2 Å². The number of benzene rings is 2. The first kappa shape index (κ1) is 26.6. The molecule has 0 fully saturated rings. The highest BCUT2D eigenvalue weighted by atomic mass is 35.5. The van der Waals surface area contributed by atoms with Crippen molar-refractivity contribution >= 4 is 40.7 Å². The number of Topliss-reactive ketones (excluding diaryl/α,β-unsaturated/α-hetero) is 1. The van der Waals surface area contributed by atoms with Gasteiger partial charge in [0.05, 0.1) is 12.6 Å². The van der Waals surface area contributed by atoms with Gasteiger partial charge in [-0.1, -0.05) is 42.5 Å². The van der Waals surface area contributed by atoms with Crippen LogP contribution in [0.3, 0.4) is 0 Å². The maximum atomic E-state index is 13.0. The van der Waals surface area contributed by atoms with Crippen molar-refractivity contribution < 1.29 is 14.3 Å². The molecular weight excluding hydrogens is 480 g/mol. The van der Waals surface area contributed by atoms with Gasteiger partial charge in [0.2, 0.25) is 5.88 Å². The van der Waals surface area contributed by atoms with Gasteiger partial charge in [0.25, 0.3) is 11.5 Å². The fourth-order valence-corrected chi connectivity index (χ4v) is 3.88. The van der Waals surface area contributed by atoms with Crippen molar-refractivity contribution in [3.63, 3.8) is 0 Å². The van der Waals surface area contributed by atoms with Gasteiger partial charge in [-0.25, -0.2) is 4.98 Å². The molecule has 4 rings (SSSR count). The Hall–Kier alpha value is -4.01. The summed E-state index contributed by atoms with van der Waals surface area (Å²) in [5.41, 5.74) is 8.52. The molecule has 36 heavy (non-hydrogen) atoms. The number of amides is 1. The number of anilines is 1. The number of nitrogens with zero attached hydrogens (tertiary/aromatic N) is 1. The molecule has 0 aliphatic carbocycles. The number of methoxy groups -OCH3 is 1. The number of carbonyl (C=O) groups excluding carboxylic acids is 2. The molecule has 2 aromatic carbocycles. The number of aromatic nitrogens is 2. The highest BCUT2D eigenvalue weighted by Gasteiger charge is 2.18. The maximum Gasteiger partial charge on any atom is 0.261 e. The smallest absolute Gasteiger partial charge is 0.261 e. The molecule has 0 radical (unpaired) electrons. The van der Waals surface area contributed by atoms with E-state index >= 15 is 0 Å². The number of rotatable bonds is 8. The minimum absolute atomic E-state index is 0. The SMILES string of the molecule is COc1cc2[nH]c(=O)c(C(=O)Nc3cc(C(=O)CC(CN)c4ccccc4)ccc3C)cc2cn1.Cl. The van der Waals surface area contributed by atoms with E-state index in [-0.39, 0.29) is 36.1 Å². The van der Waals surface area contributed by atoms with Crippen LogP contribution in [0.2, 0.25) is 0 Å². The van der Waals surface area contributed by atoms with E-state index in [1.807, 2.05) is 37.3 Å². The Morgan fingerprint density at radius 1 is 1.11 bits per heavy atom. The van der Waals surface area contributed by atoms with Gasteiger partial charge in [0.15, 0.2) is 5.78 Å². The molecule has 0 saturated carbocycles. The van der Waals surface area contributed by atoms with E-state index in [2.05, 4.69) is 15.3 Å². The lowest BCUT2D eigenvalue weighted by atomic mass is 9.91. The van der Waals surface area contributed by atoms with Crippen molar-refractivity contribution in [1.29, 1.82) is 0 Å². The Morgan fingerprint density at radius 2 is 1.86 bits per heavy atom. The zero-order valence-electron chi connectivity index (χ0n) is 19.9. The van der Waals surface area contributed by atoms with Crippen molar-refractivity contribution in [2.75, 3.05) is 19.0 Å². The number of pyridine rings is 2. The summed E-state index contributed by atoms with van der Waals surface area (Å²) in [5, 5.41) is 3.36. The van der Waals surface area contributed by atoms with Crippen LogP contribution in [0, 0.1) is 6.92 Å². The van der Waals surface area contributed by atoms with Crippen molar-refractivity contribution in [3.05, 3.63) is 99.5 Å². The lowest BCUT2D eigenvalue weighted by Gasteiger charge is -2.15. The molecule has 2 heterocycles. The predicted octanol–water partition coefficient (Wildman–Crippen LogP) is 4.23. The lowest BCUT2D eigenvalue weighted by molar-refractivity contribution is 0.0972. The number of hydrogen-bond acceptors (Lipinski definition) is 6. The topological polar surface area (TPSA) is 127 Å². The minimum atomic E-state index is -0.583. The van der Waals surface area contributed by atoms with Crippen LogP contribution in [0.4, 0.5) is 5.69 Å². The zero-order valence-corrected chi connectivity index (χ0v) is 20.7. The number of aromatic amines is 1. The minimum Gasteiger partial charge on any atom is -0.481 e. The van der Waals surface area contributed by atoms with Crippen LogP contribution in [-0.2, 0) is 0 Å². The summed E-state index contributed by atoms with van der Waals surface area (Å²) in [7, 11) is 1.48. The Bertz CT molecular complexity index is 1450. The molecule has 0 saturated heterocycles. The summed E-state index contributed by atoms with van der Waals surface area (Å²) in [6, 6.07) is 17.9. The van der Waals surface area contributed by atoms with E-state index < -0.39 is 11.5 Å². The lowest BCUT2D eigenvalue weighted by Crippen LogP contribution is -2.23. The Morgan fingerprint density at radius 3 is 2.56 bits per heavy atom. The van der Waals surface area contributed by atoms with E-state index in [9.17, 15) is 14.4 Å². The highest BCUT2D eigenvalue weighted by molar-refractivity contribution is 6.07. The number of nitrogens with two attached hydrogens (primary N) is 1. The van der Waals surface area contributed by atoms with Gasteiger partial charge < -0.3 is 20.8 Å². The fraction of sp³-hybridized carbons (Fsp3) is 0.185. The van der Waals surface area contributed by atoms with Gasteiger partial charge in [-0.15, -0.1) is 12.4 Å². The first-order valence-electron chi connectivity index (χ1n) is 11.2. The molecule has 0 aliphatic heterocycles. The number of halogens is 1. The summed E-state index contributed by atoms with van der Waals surface area (Å²) < 4.78 is 5.07. The molecule has 0 spiro atoms. The second kappa shape index (κ2) is 11.6. The zero-order chi connectivity index (χ0) is 24.9. The first-order chi connectivity index (χ1) is 16.9. The van der Waals surface area contributed by atoms with Gasteiger partial charge in [-0.05, 0) is 36.7 Å². The average molecular weight is 507 g/mol. The van der Waals surface area contributed by atoms with Gasteiger partial charge in [0.1, 0.15) is 5.56 Å². The Balaban J connectivity index is 0.00000361. The standard InChI is InChI=1S/C27H26N4O4.ClH/c1-16-8-9-18(24(32)12-19(14-28)17-6-4-3-5-7-17)11-22(16)30-26(33)21-10-20-15-29-25(35-2)13-23(20)31-27(21)34;/h3-11,13,15,19H,12,14,28H2,1-2H3,(H,30,33)(H,31,34);1H. The fourth-order valence-electron chi connectivity index (χ4n) is 3.88. The van der Waals surface area contributed by atoms with Crippen molar-refractivity contribution in [2.24, 2.45) is 5.73 Å². The molecule has 1 atom stereocenters. The molecule has 0 aliphatic rings. The van der Waals surface area contributed by atoms with E-state index in [4.69, 9.17) is 10.5 Å². The summed E-state index contributed by atoms with van der Waals surface area (Å²) in [5.74, 6) is -0.415. The summed E-state index contributed by atoms with van der Waals surface area (Å²) in [6.07, 6.45) is 1.77. The van der Waals surface area contributed by atoms with Crippen LogP contribution < -0.4 is 21.3 Å². The second-order valence-electron chi connectivity index (χ2n) is 8.28. The molecule has 8 nitrogen and oxygen atoms in total. The monoisotopic (exact) mass is 506 g/mol. The van der Waals surface area contributed by atoms with Gasteiger partial charge in [-0.2, -0.15) is 0 Å². The average Bonchev–Trinajstić information content (AvgIpc) is 2.88. The predicted molar refractivity (Wildman–Crippen MR) is 142 cm³/mol. The first-order valence-corrected chi connectivity index (χ1v) is 11.2.